The molecule has 0 saturated heterocycles. The number of rotatable bonds is 6. The molecule has 0 aliphatic heterocycles. The van der Waals surface area contributed by atoms with Crippen LogP contribution in [0.5, 0.6) is 0 Å². The Morgan fingerprint density at radius 1 is 1.54 bits per heavy atom. The first-order chi connectivity index (χ1) is 6.10. The van der Waals surface area contributed by atoms with Gasteiger partial charge < -0.3 is 11.1 Å². The van der Waals surface area contributed by atoms with Gasteiger partial charge in [-0.05, 0) is 25.6 Å². The quantitative estimate of drug-likeness (QED) is 0.674. The molecule has 0 rings (SSSR count). The topological polar surface area (TPSA) is 55.1 Å². The second-order valence-corrected chi connectivity index (χ2v) is 4.38. The summed E-state index contributed by atoms with van der Waals surface area (Å²) in [7, 11) is 0. The molecule has 0 aliphatic rings. The van der Waals surface area contributed by atoms with Crippen LogP contribution in [0.15, 0.2) is 0 Å². The minimum absolute atomic E-state index is 0.111. The molecule has 2 unspecified atom stereocenters. The Hall–Kier alpha value is -0.220. The van der Waals surface area contributed by atoms with Gasteiger partial charge in [0.25, 0.3) is 0 Å². The molecule has 0 saturated carbocycles. The first kappa shape index (κ1) is 12.8. The van der Waals surface area contributed by atoms with E-state index in [1.807, 2.05) is 20.1 Å². The predicted molar refractivity (Wildman–Crippen MR) is 58.8 cm³/mol. The average molecular weight is 204 g/mol. The van der Waals surface area contributed by atoms with Crippen molar-refractivity contribution in [3.8, 4) is 0 Å². The first-order valence-corrected chi connectivity index (χ1v) is 5.97. The third-order valence-corrected chi connectivity index (χ3v) is 2.59. The van der Waals surface area contributed by atoms with Crippen LogP contribution in [0.4, 0.5) is 0 Å². The molecule has 0 fully saturated rings. The standard InChI is InChI=1S/C9H20N2OS/c1-7(5-10)4-9(12)11-8(2)6-13-3/h7-8H,4-6,10H2,1-3H3,(H,11,12). The first-order valence-electron chi connectivity index (χ1n) is 4.58. The fraction of sp³-hybridized carbons (Fsp3) is 0.889. The van der Waals surface area contributed by atoms with Crippen molar-refractivity contribution < 1.29 is 4.79 Å². The number of carbonyl (C=O) groups is 1. The molecule has 0 aromatic carbocycles. The Bertz CT molecular complexity index is 153. The number of nitrogens with one attached hydrogen (secondary N) is 1. The molecule has 4 heteroatoms. The molecular formula is C9H20N2OS. The molecule has 78 valence electrons. The van der Waals surface area contributed by atoms with Gasteiger partial charge in [-0.1, -0.05) is 6.92 Å². The lowest BCUT2D eigenvalue weighted by atomic mass is 10.1. The highest BCUT2D eigenvalue weighted by atomic mass is 32.2. The molecule has 0 aromatic heterocycles. The van der Waals surface area contributed by atoms with E-state index in [9.17, 15) is 4.79 Å². The van der Waals surface area contributed by atoms with E-state index in [1.54, 1.807) is 11.8 Å². The zero-order valence-corrected chi connectivity index (χ0v) is 9.49. The molecule has 3 nitrogen and oxygen atoms in total. The summed E-state index contributed by atoms with van der Waals surface area (Å²) in [5.41, 5.74) is 5.43. The summed E-state index contributed by atoms with van der Waals surface area (Å²) in [4.78, 5) is 11.3. The van der Waals surface area contributed by atoms with Crippen LogP contribution in [-0.4, -0.2) is 30.5 Å². The zero-order chi connectivity index (χ0) is 10.3. The molecule has 3 N–H and O–H groups in total. The van der Waals surface area contributed by atoms with Crippen molar-refractivity contribution in [1.82, 2.24) is 5.32 Å². The Morgan fingerprint density at radius 3 is 2.62 bits per heavy atom. The van der Waals surface area contributed by atoms with Crippen LogP contribution in [0.25, 0.3) is 0 Å². The molecule has 0 aliphatic carbocycles. The van der Waals surface area contributed by atoms with Crippen molar-refractivity contribution in [1.29, 1.82) is 0 Å². The van der Waals surface area contributed by atoms with Crippen LogP contribution in [0.2, 0.25) is 0 Å². The molecule has 0 spiro atoms. The molecule has 0 radical (unpaired) electrons. The zero-order valence-electron chi connectivity index (χ0n) is 8.67. The fourth-order valence-electron chi connectivity index (χ4n) is 1.03. The largest absolute Gasteiger partial charge is 0.353 e. The van der Waals surface area contributed by atoms with Gasteiger partial charge in [0.1, 0.15) is 0 Å². The van der Waals surface area contributed by atoms with Gasteiger partial charge in [-0.25, -0.2) is 0 Å². The second kappa shape index (κ2) is 7.21. The third-order valence-electron chi connectivity index (χ3n) is 1.76. The van der Waals surface area contributed by atoms with E-state index in [0.717, 1.165) is 5.75 Å². The number of nitrogens with two attached hydrogens (primary N) is 1. The highest BCUT2D eigenvalue weighted by Gasteiger charge is 2.09. The molecule has 13 heavy (non-hydrogen) atoms. The van der Waals surface area contributed by atoms with Crippen LogP contribution < -0.4 is 11.1 Å². The van der Waals surface area contributed by atoms with Gasteiger partial charge in [0.15, 0.2) is 0 Å². The van der Waals surface area contributed by atoms with Crippen LogP contribution in [0, 0.1) is 5.92 Å². The van der Waals surface area contributed by atoms with Crippen LogP contribution in [0.1, 0.15) is 20.3 Å². The third kappa shape index (κ3) is 6.90. The van der Waals surface area contributed by atoms with E-state index in [1.165, 1.54) is 0 Å². The van der Waals surface area contributed by atoms with Crippen molar-refractivity contribution in [3.05, 3.63) is 0 Å². The molecule has 0 bridgehead atoms. The lowest BCUT2D eigenvalue weighted by Gasteiger charge is -2.14. The fourth-order valence-corrected chi connectivity index (χ4v) is 1.61. The van der Waals surface area contributed by atoms with Crippen LogP contribution in [0.3, 0.4) is 0 Å². The molecule has 1 amide bonds. The van der Waals surface area contributed by atoms with E-state index in [2.05, 4.69) is 5.32 Å². The lowest BCUT2D eigenvalue weighted by molar-refractivity contribution is -0.122. The molecular weight excluding hydrogens is 184 g/mol. The van der Waals surface area contributed by atoms with E-state index < -0.39 is 0 Å². The maximum Gasteiger partial charge on any atom is 0.220 e. The normalized spacial score (nSPS) is 15.1. The van der Waals surface area contributed by atoms with Crippen molar-refractivity contribution >= 4 is 17.7 Å². The Labute approximate surface area is 84.8 Å². The Balaban J connectivity index is 3.61. The summed E-state index contributed by atoms with van der Waals surface area (Å²) < 4.78 is 0. The summed E-state index contributed by atoms with van der Waals surface area (Å²) in [5, 5.41) is 2.93. The van der Waals surface area contributed by atoms with Crippen LogP contribution in [-0.2, 0) is 4.79 Å². The summed E-state index contributed by atoms with van der Waals surface area (Å²) in [6.45, 7) is 4.57. The lowest BCUT2D eigenvalue weighted by Crippen LogP contribution is -2.35. The van der Waals surface area contributed by atoms with E-state index >= 15 is 0 Å². The van der Waals surface area contributed by atoms with Gasteiger partial charge in [-0.2, -0.15) is 11.8 Å². The van der Waals surface area contributed by atoms with Crippen molar-refractivity contribution in [3.63, 3.8) is 0 Å². The number of amides is 1. The minimum atomic E-state index is 0.111. The SMILES string of the molecule is CSCC(C)NC(=O)CC(C)CN. The van der Waals surface area contributed by atoms with Gasteiger partial charge >= 0.3 is 0 Å². The van der Waals surface area contributed by atoms with Gasteiger partial charge in [0.05, 0.1) is 0 Å². The molecule has 2 atom stereocenters. The van der Waals surface area contributed by atoms with Crippen molar-refractivity contribution in [2.75, 3.05) is 18.6 Å². The van der Waals surface area contributed by atoms with Gasteiger partial charge in [-0.15, -0.1) is 0 Å². The Morgan fingerprint density at radius 2 is 2.15 bits per heavy atom. The molecule has 0 aromatic rings. The summed E-state index contributed by atoms with van der Waals surface area (Å²) in [5.74, 6) is 1.35. The van der Waals surface area contributed by atoms with Gasteiger partial charge in [0, 0.05) is 18.2 Å². The smallest absolute Gasteiger partial charge is 0.220 e. The van der Waals surface area contributed by atoms with Gasteiger partial charge in [-0.3, -0.25) is 4.79 Å². The van der Waals surface area contributed by atoms with E-state index in [0.29, 0.717) is 13.0 Å². The van der Waals surface area contributed by atoms with E-state index in [4.69, 9.17) is 5.73 Å². The highest BCUT2D eigenvalue weighted by molar-refractivity contribution is 7.98. The summed E-state index contributed by atoms with van der Waals surface area (Å²) in [6.07, 6.45) is 2.57. The predicted octanol–water partition coefficient (Wildman–Crippen LogP) is 0.839. The Kier molecular flexibility index (Phi) is 7.09. The highest BCUT2D eigenvalue weighted by Crippen LogP contribution is 2.00. The number of thioether (sulfide) groups is 1. The number of carbonyl (C=O) groups excluding carboxylic acids is 1. The maximum absolute atomic E-state index is 11.3. The minimum Gasteiger partial charge on any atom is -0.353 e. The molecule has 0 heterocycles. The van der Waals surface area contributed by atoms with Crippen LogP contribution >= 0.6 is 11.8 Å². The summed E-state index contributed by atoms with van der Waals surface area (Å²) >= 11 is 1.74. The maximum atomic E-state index is 11.3. The summed E-state index contributed by atoms with van der Waals surface area (Å²) in [6, 6.07) is 0.257. The average Bonchev–Trinajstić information content (AvgIpc) is 2.04. The number of hydrogen-bond acceptors (Lipinski definition) is 3. The monoisotopic (exact) mass is 204 g/mol. The van der Waals surface area contributed by atoms with Gasteiger partial charge in [0.2, 0.25) is 5.91 Å². The van der Waals surface area contributed by atoms with Crippen molar-refractivity contribution in [2.24, 2.45) is 11.7 Å². The number of hydrogen-bond donors (Lipinski definition) is 2. The van der Waals surface area contributed by atoms with Crippen molar-refractivity contribution in [2.45, 2.75) is 26.3 Å². The second-order valence-electron chi connectivity index (χ2n) is 3.47. The van der Waals surface area contributed by atoms with E-state index in [-0.39, 0.29) is 17.9 Å².